The van der Waals surface area contributed by atoms with Gasteiger partial charge in [0.1, 0.15) is 5.56 Å². The number of H-pyrrole nitrogens is 1. The first-order valence-electron chi connectivity index (χ1n) is 9.72. The average molecular weight is 410 g/mol. The van der Waals surface area contributed by atoms with Crippen LogP contribution < -0.4 is 15.7 Å². The van der Waals surface area contributed by atoms with Gasteiger partial charge in [0.25, 0.3) is 5.91 Å². The number of amides is 1. The Bertz CT molecular complexity index is 1500. The zero-order chi connectivity index (χ0) is 21.4. The van der Waals surface area contributed by atoms with Crippen LogP contribution >= 0.6 is 0 Å². The van der Waals surface area contributed by atoms with Crippen LogP contribution in [0.15, 0.2) is 88.2 Å². The molecule has 0 spiro atoms. The van der Waals surface area contributed by atoms with E-state index < -0.39 is 11.5 Å². The van der Waals surface area contributed by atoms with Gasteiger partial charge in [0.05, 0.1) is 7.11 Å². The lowest BCUT2D eigenvalue weighted by molar-refractivity contribution is 0.102. The molecular formula is C25H18N2O4. The lowest BCUT2D eigenvalue weighted by Gasteiger charge is -2.09. The van der Waals surface area contributed by atoms with E-state index in [-0.39, 0.29) is 5.56 Å². The summed E-state index contributed by atoms with van der Waals surface area (Å²) in [6.07, 6.45) is 1.90. The predicted molar refractivity (Wildman–Crippen MR) is 121 cm³/mol. The highest BCUT2D eigenvalue weighted by molar-refractivity contribution is 6.06. The number of para-hydroxylation sites is 1. The lowest BCUT2D eigenvalue weighted by atomic mass is 10.0. The Balaban J connectivity index is 1.46. The number of fused-ring (bicyclic) bond motifs is 2. The topological polar surface area (TPSA) is 84.3 Å². The lowest BCUT2D eigenvalue weighted by Crippen LogP contribution is -2.20. The van der Waals surface area contributed by atoms with E-state index in [1.807, 2.05) is 42.6 Å². The Labute approximate surface area is 177 Å². The maximum atomic E-state index is 12.8. The normalized spacial score (nSPS) is 11.0. The molecule has 0 saturated heterocycles. The molecule has 2 aromatic heterocycles. The number of aromatic nitrogens is 1. The highest BCUT2D eigenvalue weighted by Gasteiger charge is 2.16. The van der Waals surface area contributed by atoms with Crippen molar-refractivity contribution in [1.82, 2.24) is 4.98 Å². The monoisotopic (exact) mass is 410 g/mol. The fourth-order valence-electron chi connectivity index (χ4n) is 3.64. The number of hydrogen-bond donors (Lipinski definition) is 2. The third-order valence-corrected chi connectivity index (χ3v) is 5.20. The van der Waals surface area contributed by atoms with Crippen LogP contribution in [-0.2, 0) is 0 Å². The van der Waals surface area contributed by atoms with Gasteiger partial charge in [-0.2, -0.15) is 0 Å². The number of nitrogens with one attached hydrogen (secondary N) is 2. The van der Waals surface area contributed by atoms with Crippen LogP contribution in [-0.4, -0.2) is 18.0 Å². The van der Waals surface area contributed by atoms with Crippen molar-refractivity contribution >= 4 is 33.5 Å². The summed E-state index contributed by atoms with van der Waals surface area (Å²) >= 11 is 0. The number of carbonyl (C=O) groups excluding carboxylic acids is 1. The summed E-state index contributed by atoms with van der Waals surface area (Å²) in [5.41, 5.74) is 3.16. The number of aromatic amines is 1. The second kappa shape index (κ2) is 7.50. The van der Waals surface area contributed by atoms with Gasteiger partial charge in [-0.3, -0.25) is 4.79 Å². The van der Waals surface area contributed by atoms with E-state index in [9.17, 15) is 9.59 Å². The molecule has 6 heteroatoms. The highest BCUT2D eigenvalue weighted by Crippen LogP contribution is 2.27. The number of carbonyl (C=O) groups is 1. The number of ether oxygens (including phenoxy) is 1. The molecule has 0 fully saturated rings. The van der Waals surface area contributed by atoms with E-state index >= 15 is 0 Å². The van der Waals surface area contributed by atoms with Crippen molar-refractivity contribution in [2.45, 2.75) is 0 Å². The highest BCUT2D eigenvalue weighted by atomic mass is 16.5. The van der Waals surface area contributed by atoms with Gasteiger partial charge in [0, 0.05) is 22.8 Å². The van der Waals surface area contributed by atoms with E-state index in [4.69, 9.17) is 9.15 Å². The molecule has 31 heavy (non-hydrogen) atoms. The van der Waals surface area contributed by atoms with Gasteiger partial charge in [-0.1, -0.05) is 30.3 Å². The van der Waals surface area contributed by atoms with Crippen LogP contribution in [0.2, 0.25) is 0 Å². The van der Waals surface area contributed by atoms with E-state index in [1.165, 1.54) is 13.2 Å². The smallest absolute Gasteiger partial charge is 0.349 e. The summed E-state index contributed by atoms with van der Waals surface area (Å²) in [7, 11) is 1.50. The zero-order valence-electron chi connectivity index (χ0n) is 16.6. The van der Waals surface area contributed by atoms with Crippen molar-refractivity contribution in [1.29, 1.82) is 0 Å². The number of anilines is 1. The molecule has 0 unspecified atom stereocenters. The van der Waals surface area contributed by atoms with E-state index in [1.54, 1.807) is 24.3 Å². The van der Waals surface area contributed by atoms with Crippen LogP contribution in [0.5, 0.6) is 5.75 Å². The standard InChI is InChI=1S/C25H18N2O4/c1-30-22-7-3-5-18-14-20(25(29)31-23(18)22)24(28)27-19-6-2-4-15(13-19)16-8-9-21-17(12-16)10-11-26-21/h2-14,26H,1H3,(H,27,28). The third kappa shape index (κ3) is 3.44. The predicted octanol–water partition coefficient (Wildman–Crippen LogP) is 5.20. The summed E-state index contributed by atoms with van der Waals surface area (Å²) in [4.78, 5) is 28.4. The molecule has 152 valence electrons. The van der Waals surface area contributed by atoms with E-state index in [0.717, 1.165) is 22.0 Å². The van der Waals surface area contributed by atoms with E-state index in [0.29, 0.717) is 22.4 Å². The van der Waals surface area contributed by atoms with Crippen LogP contribution in [0.1, 0.15) is 10.4 Å². The number of hydrogen-bond acceptors (Lipinski definition) is 4. The molecule has 3 aromatic carbocycles. The minimum Gasteiger partial charge on any atom is -0.493 e. The maximum Gasteiger partial charge on any atom is 0.349 e. The van der Waals surface area contributed by atoms with Crippen LogP contribution in [0.4, 0.5) is 5.69 Å². The molecule has 5 aromatic rings. The van der Waals surface area contributed by atoms with Gasteiger partial charge >= 0.3 is 5.63 Å². The quantitative estimate of drug-likeness (QED) is 0.399. The van der Waals surface area contributed by atoms with Crippen molar-refractivity contribution < 1.29 is 13.9 Å². The SMILES string of the molecule is COc1cccc2cc(C(=O)Nc3cccc(-c4ccc5[nH]ccc5c4)c3)c(=O)oc12. The Morgan fingerprint density at radius 3 is 2.65 bits per heavy atom. The van der Waals surface area contributed by atoms with Crippen LogP contribution in [0, 0.1) is 0 Å². The molecule has 0 aliphatic rings. The van der Waals surface area contributed by atoms with Crippen LogP contribution in [0.25, 0.3) is 33.0 Å². The summed E-state index contributed by atoms with van der Waals surface area (Å²) in [6.45, 7) is 0. The Kier molecular flexibility index (Phi) is 4.52. The van der Waals surface area contributed by atoms with Crippen molar-refractivity contribution in [2.75, 3.05) is 12.4 Å². The zero-order valence-corrected chi connectivity index (χ0v) is 16.6. The van der Waals surface area contributed by atoms with Crippen LogP contribution in [0.3, 0.4) is 0 Å². The van der Waals surface area contributed by atoms with Gasteiger partial charge in [0.15, 0.2) is 11.3 Å². The first kappa shape index (κ1) is 18.7. The van der Waals surface area contributed by atoms with Gasteiger partial charge in [-0.15, -0.1) is 0 Å². The summed E-state index contributed by atoms with van der Waals surface area (Å²) in [5, 5.41) is 4.51. The number of benzene rings is 3. The molecule has 1 amide bonds. The third-order valence-electron chi connectivity index (χ3n) is 5.20. The fourth-order valence-corrected chi connectivity index (χ4v) is 3.64. The average Bonchev–Trinajstić information content (AvgIpc) is 3.26. The molecular weight excluding hydrogens is 392 g/mol. The molecule has 0 aliphatic carbocycles. The van der Waals surface area contributed by atoms with Gasteiger partial charge in [-0.05, 0) is 59.0 Å². The summed E-state index contributed by atoms with van der Waals surface area (Å²) in [5.74, 6) is -0.0923. The molecule has 0 aliphatic heterocycles. The number of rotatable bonds is 4. The minimum atomic E-state index is -0.719. The molecule has 0 radical (unpaired) electrons. The molecule has 2 N–H and O–H groups in total. The molecule has 0 saturated carbocycles. The van der Waals surface area contributed by atoms with Gasteiger partial charge in [-0.25, -0.2) is 4.79 Å². The maximum absolute atomic E-state index is 12.8. The van der Waals surface area contributed by atoms with Gasteiger partial charge < -0.3 is 19.5 Å². The fraction of sp³-hybridized carbons (Fsp3) is 0.0400. The van der Waals surface area contributed by atoms with Crippen molar-refractivity contribution in [3.63, 3.8) is 0 Å². The molecule has 6 nitrogen and oxygen atoms in total. The Morgan fingerprint density at radius 1 is 0.935 bits per heavy atom. The summed E-state index contributed by atoms with van der Waals surface area (Å²) < 4.78 is 10.6. The van der Waals surface area contributed by atoms with E-state index in [2.05, 4.69) is 16.4 Å². The minimum absolute atomic E-state index is 0.0695. The first-order chi connectivity index (χ1) is 15.1. The second-order valence-corrected chi connectivity index (χ2v) is 7.14. The summed E-state index contributed by atoms with van der Waals surface area (Å²) in [6, 6.07) is 22.4. The first-order valence-corrected chi connectivity index (χ1v) is 9.72. The van der Waals surface area contributed by atoms with Crippen molar-refractivity contribution in [2.24, 2.45) is 0 Å². The Hall–Kier alpha value is -4.32. The van der Waals surface area contributed by atoms with Crippen molar-refractivity contribution in [3.05, 3.63) is 95.0 Å². The largest absolute Gasteiger partial charge is 0.493 e. The van der Waals surface area contributed by atoms with Crippen molar-refractivity contribution in [3.8, 4) is 16.9 Å². The molecule has 0 atom stereocenters. The molecule has 2 heterocycles. The second-order valence-electron chi connectivity index (χ2n) is 7.14. The van der Waals surface area contributed by atoms with Gasteiger partial charge in [0.2, 0.25) is 0 Å². The number of methoxy groups -OCH3 is 1. The Morgan fingerprint density at radius 2 is 1.77 bits per heavy atom. The molecule has 5 rings (SSSR count). The molecule has 0 bridgehead atoms.